The van der Waals surface area contributed by atoms with Crippen molar-refractivity contribution in [1.29, 1.82) is 0 Å². The minimum Gasteiger partial charge on any atom is -0.152 e. The molecule has 2 heteroatoms. The fourth-order valence-electron chi connectivity index (χ4n) is 2.29. The van der Waals surface area contributed by atoms with Crippen molar-refractivity contribution in [2.75, 3.05) is 0 Å². The van der Waals surface area contributed by atoms with Crippen molar-refractivity contribution < 1.29 is 0 Å². The lowest BCUT2D eigenvalue weighted by atomic mass is 9.83. The van der Waals surface area contributed by atoms with Crippen LogP contribution in [0.1, 0.15) is 31.7 Å². The Kier molecular flexibility index (Phi) is 2.80. The third kappa shape index (κ3) is 2.35. The van der Waals surface area contributed by atoms with E-state index < -0.39 is 0 Å². The summed E-state index contributed by atoms with van der Waals surface area (Å²) in [5.41, 5.74) is 2.07. The first-order valence-corrected chi connectivity index (χ1v) is 6.69. The third-order valence-corrected chi connectivity index (χ3v) is 4.50. The molecule has 0 bridgehead atoms. The van der Waals surface area contributed by atoms with Gasteiger partial charge in [0.1, 0.15) is 0 Å². The molecular weight excluding hydrogens is 244 g/mol. The second-order valence-electron chi connectivity index (χ2n) is 4.46. The zero-order chi connectivity index (χ0) is 9.31. The van der Waals surface area contributed by atoms with Gasteiger partial charge in [-0.3, -0.25) is 0 Å². The van der Waals surface area contributed by atoms with E-state index in [-0.39, 0.29) is 0 Å². The molecule has 0 radical (unpaired) electrons. The van der Waals surface area contributed by atoms with E-state index in [2.05, 4.69) is 39.7 Å². The number of thiophene rings is 1. The molecule has 0 aliphatic heterocycles. The van der Waals surface area contributed by atoms with Crippen molar-refractivity contribution in [3.05, 3.63) is 22.4 Å². The quantitative estimate of drug-likeness (QED) is 0.697. The first-order valence-electron chi connectivity index (χ1n) is 4.83. The molecule has 2 rings (SSSR count). The Labute approximate surface area is 92.5 Å². The molecule has 0 saturated heterocycles. The summed E-state index contributed by atoms with van der Waals surface area (Å²) in [5.74, 6) is 0. The maximum Gasteiger partial charge on any atom is 0.0151 e. The van der Waals surface area contributed by atoms with Gasteiger partial charge < -0.3 is 0 Å². The lowest BCUT2D eigenvalue weighted by molar-refractivity contribution is 0.336. The summed E-state index contributed by atoms with van der Waals surface area (Å²) >= 11 is 5.53. The minimum atomic E-state index is 0.551. The van der Waals surface area contributed by atoms with E-state index in [4.69, 9.17) is 0 Å². The molecule has 1 aliphatic rings. The first-order chi connectivity index (χ1) is 6.18. The second kappa shape index (κ2) is 3.74. The SMILES string of the molecule is CC1(Cc2ccsc2)CCC(Br)C1. The molecule has 72 valence electrons. The smallest absolute Gasteiger partial charge is 0.0151 e. The standard InChI is InChI=1S/C11H15BrS/c1-11(4-2-10(12)7-11)6-9-3-5-13-8-9/h3,5,8,10H,2,4,6-7H2,1H3. The van der Waals surface area contributed by atoms with Crippen LogP contribution < -0.4 is 0 Å². The zero-order valence-electron chi connectivity index (χ0n) is 7.92. The molecule has 1 fully saturated rings. The van der Waals surface area contributed by atoms with Crippen LogP contribution in [-0.4, -0.2) is 4.83 Å². The Hall–Kier alpha value is 0.180. The monoisotopic (exact) mass is 258 g/mol. The topological polar surface area (TPSA) is 0 Å². The van der Waals surface area contributed by atoms with E-state index in [1.165, 1.54) is 31.2 Å². The highest BCUT2D eigenvalue weighted by Gasteiger charge is 2.33. The van der Waals surface area contributed by atoms with E-state index in [1.54, 1.807) is 0 Å². The van der Waals surface area contributed by atoms with Gasteiger partial charge in [-0.25, -0.2) is 0 Å². The van der Waals surface area contributed by atoms with Gasteiger partial charge in [0.2, 0.25) is 0 Å². The van der Waals surface area contributed by atoms with Crippen LogP contribution in [0, 0.1) is 5.41 Å². The lowest BCUT2D eigenvalue weighted by Gasteiger charge is -2.22. The summed E-state index contributed by atoms with van der Waals surface area (Å²) < 4.78 is 0. The lowest BCUT2D eigenvalue weighted by Crippen LogP contribution is -2.15. The molecule has 2 atom stereocenters. The molecule has 0 amide bonds. The minimum absolute atomic E-state index is 0.551. The highest BCUT2D eigenvalue weighted by molar-refractivity contribution is 9.09. The van der Waals surface area contributed by atoms with Crippen LogP contribution in [0.15, 0.2) is 16.8 Å². The largest absolute Gasteiger partial charge is 0.152 e. The molecule has 0 nitrogen and oxygen atoms in total. The molecule has 0 spiro atoms. The predicted molar refractivity (Wildman–Crippen MR) is 62.7 cm³/mol. The van der Waals surface area contributed by atoms with Crippen LogP contribution in [0.2, 0.25) is 0 Å². The summed E-state index contributed by atoms with van der Waals surface area (Å²) in [4.78, 5) is 0.760. The average Bonchev–Trinajstić information content (AvgIpc) is 2.62. The fraction of sp³-hybridized carbons (Fsp3) is 0.636. The maximum atomic E-state index is 3.72. The van der Waals surface area contributed by atoms with Crippen molar-refractivity contribution >= 4 is 27.3 Å². The molecular formula is C11H15BrS. The van der Waals surface area contributed by atoms with E-state index in [0.29, 0.717) is 5.41 Å². The third-order valence-electron chi connectivity index (χ3n) is 2.99. The number of rotatable bonds is 2. The van der Waals surface area contributed by atoms with Crippen LogP contribution >= 0.6 is 27.3 Å². The van der Waals surface area contributed by atoms with Crippen LogP contribution in [0.4, 0.5) is 0 Å². The summed E-state index contributed by atoms with van der Waals surface area (Å²) in [5, 5.41) is 4.46. The number of halogens is 1. The Morgan fingerprint density at radius 2 is 2.54 bits per heavy atom. The van der Waals surface area contributed by atoms with Crippen molar-refractivity contribution in [3.8, 4) is 0 Å². The molecule has 1 saturated carbocycles. The zero-order valence-corrected chi connectivity index (χ0v) is 10.3. The second-order valence-corrected chi connectivity index (χ2v) is 6.53. The number of hydrogen-bond donors (Lipinski definition) is 0. The highest BCUT2D eigenvalue weighted by Crippen LogP contribution is 2.43. The van der Waals surface area contributed by atoms with Gasteiger partial charge in [0.25, 0.3) is 0 Å². The maximum absolute atomic E-state index is 3.72. The van der Waals surface area contributed by atoms with Gasteiger partial charge in [-0.15, -0.1) is 0 Å². The average molecular weight is 259 g/mol. The molecule has 2 unspecified atom stereocenters. The molecule has 0 aromatic carbocycles. The Balaban J connectivity index is 2.01. The van der Waals surface area contributed by atoms with Crippen molar-refractivity contribution in [1.82, 2.24) is 0 Å². The van der Waals surface area contributed by atoms with Crippen molar-refractivity contribution in [2.24, 2.45) is 5.41 Å². The van der Waals surface area contributed by atoms with Gasteiger partial charge in [-0.1, -0.05) is 22.9 Å². The Morgan fingerprint density at radius 3 is 3.08 bits per heavy atom. The Bertz CT molecular complexity index is 268. The van der Waals surface area contributed by atoms with Gasteiger partial charge >= 0.3 is 0 Å². The van der Waals surface area contributed by atoms with Crippen LogP contribution in [0.25, 0.3) is 0 Å². The normalized spacial score (nSPS) is 33.8. The number of hydrogen-bond acceptors (Lipinski definition) is 1. The van der Waals surface area contributed by atoms with Gasteiger partial charge in [0, 0.05) is 4.83 Å². The van der Waals surface area contributed by atoms with Crippen LogP contribution in [-0.2, 0) is 6.42 Å². The predicted octanol–water partition coefficient (Wildman–Crippen LogP) is 4.24. The van der Waals surface area contributed by atoms with Gasteiger partial charge in [0.15, 0.2) is 0 Å². The first kappa shape index (κ1) is 9.72. The molecule has 13 heavy (non-hydrogen) atoms. The summed E-state index contributed by atoms with van der Waals surface area (Å²) in [6, 6.07) is 2.26. The van der Waals surface area contributed by atoms with Crippen molar-refractivity contribution in [3.63, 3.8) is 0 Å². The van der Waals surface area contributed by atoms with E-state index in [9.17, 15) is 0 Å². The van der Waals surface area contributed by atoms with Gasteiger partial charge in [-0.2, -0.15) is 11.3 Å². The van der Waals surface area contributed by atoms with E-state index in [0.717, 1.165) is 4.83 Å². The molecule has 1 aromatic heterocycles. The molecule has 1 aromatic rings. The van der Waals surface area contributed by atoms with Crippen molar-refractivity contribution in [2.45, 2.75) is 37.4 Å². The molecule has 1 heterocycles. The Morgan fingerprint density at radius 1 is 1.69 bits per heavy atom. The summed E-state index contributed by atoms with van der Waals surface area (Å²) in [6.07, 6.45) is 5.32. The van der Waals surface area contributed by atoms with Crippen LogP contribution in [0.3, 0.4) is 0 Å². The number of alkyl halides is 1. The summed E-state index contributed by atoms with van der Waals surface area (Å²) in [6.45, 7) is 2.42. The highest BCUT2D eigenvalue weighted by atomic mass is 79.9. The van der Waals surface area contributed by atoms with Gasteiger partial charge in [-0.05, 0) is 53.5 Å². The van der Waals surface area contributed by atoms with Gasteiger partial charge in [0.05, 0.1) is 0 Å². The van der Waals surface area contributed by atoms with Crippen LogP contribution in [0.5, 0.6) is 0 Å². The van der Waals surface area contributed by atoms with E-state index in [1.807, 2.05) is 11.3 Å². The van der Waals surface area contributed by atoms with E-state index >= 15 is 0 Å². The molecule has 1 aliphatic carbocycles. The molecule has 0 N–H and O–H groups in total. The fourth-order valence-corrected chi connectivity index (χ4v) is 3.97. The summed E-state index contributed by atoms with van der Waals surface area (Å²) in [7, 11) is 0.